The second kappa shape index (κ2) is 8.29. The summed E-state index contributed by atoms with van der Waals surface area (Å²) < 4.78 is 46.3. The Hall–Kier alpha value is -1.87. The fraction of sp³-hybridized carbons (Fsp3) is 0.600. The third-order valence-corrected chi connectivity index (χ3v) is 3.52. The monoisotopic (exact) mass is 347 g/mol. The number of carbonyl (C=O) groups is 1. The molecule has 9 heteroatoms. The lowest BCUT2D eigenvalue weighted by atomic mass is 10.2. The molecule has 0 unspecified atom stereocenters. The van der Waals surface area contributed by atoms with Crippen LogP contribution < -0.4 is 10.1 Å². The topological polar surface area (TPSA) is 63.7 Å². The fourth-order valence-electron chi connectivity index (χ4n) is 2.23. The van der Waals surface area contributed by atoms with E-state index in [4.69, 9.17) is 4.74 Å². The molecule has 0 saturated carbocycles. The molecule has 2 heterocycles. The van der Waals surface area contributed by atoms with Gasteiger partial charge in [-0.25, -0.2) is 4.98 Å². The van der Waals surface area contributed by atoms with Crippen molar-refractivity contribution in [3.8, 4) is 5.88 Å². The van der Waals surface area contributed by atoms with E-state index in [2.05, 4.69) is 15.0 Å². The summed E-state index contributed by atoms with van der Waals surface area (Å²) in [5.74, 6) is -0.279. The van der Waals surface area contributed by atoms with Gasteiger partial charge in [-0.05, 0) is 18.6 Å². The number of amides is 1. The molecule has 1 aliphatic rings. The van der Waals surface area contributed by atoms with Crippen LogP contribution in [0.4, 0.5) is 13.2 Å². The smallest absolute Gasteiger partial charge is 0.422 e. The van der Waals surface area contributed by atoms with Crippen LogP contribution in [0.2, 0.25) is 0 Å². The lowest BCUT2D eigenvalue weighted by Gasteiger charge is -2.32. The van der Waals surface area contributed by atoms with E-state index in [1.165, 1.54) is 12.3 Å². The molecule has 1 N–H and O–H groups in total. The highest BCUT2D eigenvalue weighted by molar-refractivity contribution is 5.78. The number of alkyl halides is 3. The minimum absolute atomic E-state index is 0.124. The molecule has 134 valence electrons. The Balaban J connectivity index is 1.79. The lowest BCUT2D eigenvalue weighted by Crippen LogP contribution is -2.48. The van der Waals surface area contributed by atoms with Gasteiger partial charge < -0.3 is 14.8 Å². The molecule has 24 heavy (non-hydrogen) atoms. The number of carbonyl (C=O) groups excluding carboxylic acids is 1. The lowest BCUT2D eigenvalue weighted by molar-refractivity contribution is -0.154. The van der Waals surface area contributed by atoms with Crippen LogP contribution in [0, 0.1) is 0 Å². The Labute approximate surface area is 137 Å². The molecular formula is C15H20F3N3O3. The third kappa shape index (κ3) is 6.32. The van der Waals surface area contributed by atoms with Gasteiger partial charge in [0.05, 0.1) is 19.8 Å². The summed E-state index contributed by atoms with van der Waals surface area (Å²) in [6.45, 7) is 2.93. The van der Waals surface area contributed by atoms with Gasteiger partial charge in [0.1, 0.15) is 0 Å². The van der Waals surface area contributed by atoms with E-state index in [-0.39, 0.29) is 30.9 Å². The van der Waals surface area contributed by atoms with E-state index in [1.54, 1.807) is 6.07 Å². The number of nitrogens with zero attached hydrogens (tertiary/aromatic N) is 2. The molecule has 2 rings (SSSR count). The van der Waals surface area contributed by atoms with Crippen LogP contribution >= 0.6 is 0 Å². The van der Waals surface area contributed by atoms with Gasteiger partial charge in [0.25, 0.3) is 0 Å². The summed E-state index contributed by atoms with van der Waals surface area (Å²) in [6.07, 6.45) is -3.07. The minimum atomic E-state index is -4.42. The number of halogens is 3. The van der Waals surface area contributed by atoms with Crippen LogP contribution in [0.25, 0.3) is 0 Å². The summed E-state index contributed by atoms with van der Waals surface area (Å²) in [6, 6.07) is 3.16. The maximum Gasteiger partial charge on any atom is 0.422 e. The molecule has 0 bridgehead atoms. The van der Waals surface area contributed by atoms with Crippen molar-refractivity contribution in [2.24, 2.45) is 0 Å². The van der Waals surface area contributed by atoms with Crippen molar-refractivity contribution >= 4 is 5.91 Å². The Kier molecular flexibility index (Phi) is 6.38. The quantitative estimate of drug-likeness (QED) is 0.842. The first-order chi connectivity index (χ1) is 11.3. The molecule has 1 saturated heterocycles. The van der Waals surface area contributed by atoms with Gasteiger partial charge in [-0.1, -0.05) is 0 Å². The van der Waals surface area contributed by atoms with Crippen LogP contribution in [0.5, 0.6) is 5.88 Å². The summed E-state index contributed by atoms with van der Waals surface area (Å²) >= 11 is 0. The largest absolute Gasteiger partial charge is 0.468 e. The number of pyridine rings is 1. The van der Waals surface area contributed by atoms with E-state index >= 15 is 0 Å². The van der Waals surface area contributed by atoms with E-state index in [1.807, 2.05) is 11.8 Å². The van der Waals surface area contributed by atoms with E-state index in [9.17, 15) is 18.0 Å². The van der Waals surface area contributed by atoms with E-state index in [0.29, 0.717) is 25.3 Å². The predicted molar refractivity (Wildman–Crippen MR) is 79.5 cm³/mol. The SMILES string of the molecule is C[C@@H]1COCCN1CC(=O)NCc1ccnc(OCC(F)(F)F)c1. The molecule has 1 aromatic heterocycles. The Bertz CT molecular complexity index is 554. The zero-order valence-corrected chi connectivity index (χ0v) is 13.3. The number of nitrogens with one attached hydrogen (secondary N) is 1. The van der Waals surface area contributed by atoms with E-state index < -0.39 is 12.8 Å². The Morgan fingerprint density at radius 1 is 1.54 bits per heavy atom. The van der Waals surface area contributed by atoms with Gasteiger partial charge in [0.2, 0.25) is 11.8 Å². The van der Waals surface area contributed by atoms with Crippen molar-refractivity contribution in [3.05, 3.63) is 23.9 Å². The Morgan fingerprint density at radius 2 is 2.33 bits per heavy atom. The van der Waals surface area contributed by atoms with Crippen LogP contribution in [0.15, 0.2) is 18.3 Å². The molecular weight excluding hydrogens is 327 g/mol. The average Bonchev–Trinajstić information content (AvgIpc) is 2.53. The second-order valence-corrected chi connectivity index (χ2v) is 5.58. The van der Waals surface area contributed by atoms with Crippen molar-refractivity contribution in [3.63, 3.8) is 0 Å². The average molecular weight is 347 g/mol. The number of hydrogen-bond donors (Lipinski definition) is 1. The molecule has 1 aromatic rings. The molecule has 1 fully saturated rings. The third-order valence-electron chi connectivity index (χ3n) is 3.52. The van der Waals surface area contributed by atoms with Gasteiger partial charge in [-0.3, -0.25) is 9.69 Å². The number of hydrogen-bond acceptors (Lipinski definition) is 5. The van der Waals surface area contributed by atoms with Crippen molar-refractivity contribution in [1.82, 2.24) is 15.2 Å². The van der Waals surface area contributed by atoms with Gasteiger partial charge in [-0.2, -0.15) is 13.2 Å². The summed E-state index contributed by atoms with van der Waals surface area (Å²) in [5, 5.41) is 2.74. The summed E-state index contributed by atoms with van der Waals surface area (Å²) in [4.78, 5) is 17.7. The zero-order chi connectivity index (χ0) is 17.6. The standard InChI is InChI=1S/C15H20F3N3O3/c1-11-9-23-5-4-21(11)8-13(22)20-7-12-2-3-19-14(6-12)24-10-15(16,17)18/h2-3,6,11H,4-5,7-10H2,1H3,(H,20,22)/t11-/m1/s1. The summed E-state index contributed by atoms with van der Waals surface area (Å²) in [7, 11) is 0. The maximum atomic E-state index is 12.1. The van der Waals surface area contributed by atoms with Crippen molar-refractivity contribution in [2.75, 3.05) is 32.9 Å². The maximum absolute atomic E-state index is 12.1. The molecule has 0 aromatic carbocycles. The molecule has 0 aliphatic carbocycles. The fourth-order valence-corrected chi connectivity index (χ4v) is 2.23. The molecule has 6 nitrogen and oxygen atoms in total. The second-order valence-electron chi connectivity index (χ2n) is 5.58. The van der Waals surface area contributed by atoms with Crippen LogP contribution in [-0.4, -0.2) is 60.9 Å². The van der Waals surface area contributed by atoms with Crippen LogP contribution in [0.1, 0.15) is 12.5 Å². The molecule has 1 aliphatic heterocycles. The highest BCUT2D eigenvalue weighted by Crippen LogP contribution is 2.17. The van der Waals surface area contributed by atoms with E-state index in [0.717, 1.165) is 0 Å². The number of aromatic nitrogens is 1. The Morgan fingerprint density at radius 3 is 3.04 bits per heavy atom. The highest BCUT2D eigenvalue weighted by Gasteiger charge is 2.28. The first-order valence-electron chi connectivity index (χ1n) is 7.56. The van der Waals surface area contributed by atoms with Gasteiger partial charge >= 0.3 is 6.18 Å². The molecule has 0 spiro atoms. The van der Waals surface area contributed by atoms with Crippen molar-refractivity contribution in [1.29, 1.82) is 0 Å². The first kappa shape index (κ1) is 18.5. The van der Waals surface area contributed by atoms with Crippen molar-refractivity contribution in [2.45, 2.75) is 25.7 Å². The minimum Gasteiger partial charge on any atom is -0.468 e. The number of rotatable bonds is 6. The number of ether oxygens (including phenoxy) is 2. The molecule has 1 amide bonds. The zero-order valence-electron chi connectivity index (χ0n) is 13.3. The normalized spacial score (nSPS) is 19.1. The highest BCUT2D eigenvalue weighted by atomic mass is 19.4. The van der Waals surface area contributed by atoms with Crippen LogP contribution in [0.3, 0.4) is 0 Å². The predicted octanol–water partition coefficient (Wildman–Crippen LogP) is 1.36. The molecule has 0 radical (unpaired) electrons. The first-order valence-corrected chi connectivity index (χ1v) is 7.56. The number of morpholine rings is 1. The van der Waals surface area contributed by atoms with Crippen molar-refractivity contribution < 1.29 is 27.4 Å². The van der Waals surface area contributed by atoms with Gasteiger partial charge in [0.15, 0.2) is 6.61 Å². The van der Waals surface area contributed by atoms with Gasteiger partial charge in [-0.15, -0.1) is 0 Å². The van der Waals surface area contributed by atoms with Gasteiger partial charge in [0, 0.05) is 31.4 Å². The summed E-state index contributed by atoms with van der Waals surface area (Å²) in [5.41, 5.74) is 0.616. The molecule has 1 atom stereocenters. The van der Waals surface area contributed by atoms with Crippen LogP contribution in [-0.2, 0) is 16.1 Å².